The molecule has 4 aliphatic rings. The molecule has 3 amide bonds. The minimum Gasteiger partial charge on any atom is -0.465 e. The summed E-state index contributed by atoms with van der Waals surface area (Å²) in [5, 5.41) is 9.60. The predicted octanol–water partition coefficient (Wildman–Crippen LogP) is 8.22. The second kappa shape index (κ2) is 17.9. The normalized spacial score (nSPS) is 20.5. The van der Waals surface area contributed by atoms with Crippen molar-refractivity contribution in [1.29, 1.82) is 0 Å². The molecule has 14 heteroatoms. The Bertz CT molecular complexity index is 1810. The van der Waals surface area contributed by atoms with Crippen molar-refractivity contribution in [3.63, 3.8) is 0 Å². The van der Waals surface area contributed by atoms with Gasteiger partial charge in [0, 0.05) is 60.1 Å². The van der Waals surface area contributed by atoms with Crippen LogP contribution < -0.4 is 15.3 Å². The highest BCUT2D eigenvalue weighted by Gasteiger charge is 2.52. The Morgan fingerprint density at radius 1 is 0.789 bits per heavy atom. The zero-order valence-corrected chi connectivity index (χ0v) is 38.3. The van der Waals surface area contributed by atoms with Gasteiger partial charge in [-0.2, -0.15) is 0 Å². The molecule has 0 spiro atoms. The van der Waals surface area contributed by atoms with Crippen LogP contribution in [0, 0.1) is 5.92 Å². The quantitative estimate of drug-likeness (QED) is 0.168. The molecule has 2 aromatic rings. The molecule has 2 aromatic carbocycles. The van der Waals surface area contributed by atoms with Crippen LogP contribution in [0.15, 0.2) is 42.5 Å². The van der Waals surface area contributed by atoms with Crippen LogP contribution in [0.3, 0.4) is 0 Å². The lowest BCUT2D eigenvalue weighted by atomic mass is 9.77. The van der Waals surface area contributed by atoms with Crippen molar-refractivity contribution in [3.8, 4) is 0 Å². The van der Waals surface area contributed by atoms with Gasteiger partial charge in [0.2, 0.25) is 11.8 Å². The van der Waals surface area contributed by atoms with Crippen molar-refractivity contribution >= 4 is 63.7 Å². The second-order valence-corrected chi connectivity index (χ2v) is 30.7. The van der Waals surface area contributed by atoms with Gasteiger partial charge in [0.1, 0.15) is 13.5 Å². The van der Waals surface area contributed by atoms with Crippen LogP contribution in [0.25, 0.3) is 5.70 Å². The van der Waals surface area contributed by atoms with Crippen molar-refractivity contribution in [2.24, 2.45) is 5.92 Å². The molecule has 4 aliphatic heterocycles. The number of carbonyl (C=O) groups is 3. The van der Waals surface area contributed by atoms with Crippen LogP contribution in [-0.2, 0) is 41.2 Å². The Kier molecular flexibility index (Phi) is 14.1. The molecule has 1 N–H and O–H groups in total. The molecule has 11 nitrogen and oxygen atoms in total. The topological polar surface area (TPSA) is 118 Å². The maximum absolute atomic E-state index is 12.5. The van der Waals surface area contributed by atoms with E-state index < -0.39 is 22.2 Å². The van der Waals surface area contributed by atoms with E-state index >= 15 is 0 Å². The fourth-order valence-corrected chi connectivity index (χ4v) is 8.65. The number of carbonyl (C=O) groups excluding carboxylic acids is 2. The SMILES string of the molecule is CC1(C)OB(c2ccc3c(c2)CCC(=O)N3COCC[Si](C)(C)C)OC1(C)C.C[C@H]1CC=C(c2ccc3c(c2)CCC(=O)N3COCC[Si](C)(C)C)N(C(=O)O)C1. The third kappa shape index (κ3) is 11.5. The Hall–Kier alpha value is -3.27. The van der Waals surface area contributed by atoms with Crippen molar-refractivity contribution in [3.05, 3.63) is 59.2 Å². The molecule has 6 rings (SSSR count). The lowest BCUT2D eigenvalue weighted by Crippen LogP contribution is -2.41. The number of carboxylic acid groups (broad SMARTS) is 1. The molecular weight excluding hydrogens is 753 g/mol. The highest BCUT2D eigenvalue weighted by atomic mass is 28.3. The standard InChI is InChI=1S/C22H32N2O4Si.C21H34BNO4Si/c1-16-5-8-19(23(14-16)22(26)27)17-6-9-20-18(13-17)7-10-21(25)24(20)15-28-11-12-29(2,3)4;1-20(2)21(3,4)27-22(26-20)17-9-10-18-16(14-17)8-11-19(24)23(18)15-25-12-13-28(5,6)7/h6,8-9,13,16H,5,7,10-12,14-15H2,1-4H3,(H,26,27);9-10,14H,8,11-13,15H2,1-7H3/t16-;/m0./s1. The fourth-order valence-electron chi connectivity index (χ4n) is 7.14. The number of rotatable bonds is 12. The summed E-state index contributed by atoms with van der Waals surface area (Å²) in [6.45, 7) is 26.7. The number of nitrogens with zero attached hydrogens (tertiary/aromatic N) is 3. The second-order valence-electron chi connectivity index (χ2n) is 19.5. The van der Waals surface area contributed by atoms with E-state index in [9.17, 15) is 19.5 Å². The van der Waals surface area contributed by atoms with E-state index in [1.165, 1.54) is 4.90 Å². The molecule has 1 atom stereocenters. The van der Waals surface area contributed by atoms with Gasteiger partial charge >= 0.3 is 13.2 Å². The first-order valence-electron chi connectivity index (χ1n) is 20.6. The first-order chi connectivity index (χ1) is 26.5. The van der Waals surface area contributed by atoms with Gasteiger partial charge in [-0.1, -0.05) is 70.5 Å². The van der Waals surface area contributed by atoms with E-state index in [0.717, 1.165) is 64.2 Å². The van der Waals surface area contributed by atoms with E-state index in [2.05, 4.69) is 80.0 Å². The summed E-state index contributed by atoms with van der Waals surface area (Å²) in [6.07, 6.45) is 4.33. The van der Waals surface area contributed by atoms with E-state index in [1.807, 2.05) is 36.4 Å². The number of aryl methyl sites for hydroxylation is 2. The monoisotopic (exact) mass is 819 g/mol. The largest absolute Gasteiger partial charge is 0.494 e. The van der Waals surface area contributed by atoms with Crippen molar-refractivity contribution in [1.82, 2.24) is 4.90 Å². The van der Waals surface area contributed by atoms with E-state index in [-0.39, 0.29) is 36.9 Å². The van der Waals surface area contributed by atoms with Crippen molar-refractivity contribution < 1.29 is 38.3 Å². The third-order valence-electron chi connectivity index (χ3n) is 11.6. The summed E-state index contributed by atoms with van der Waals surface area (Å²) < 4.78 is 24.0. The third-order valence-corrected chi connectivity index (χ3v) is 15.0. The number of hydrogen-bond donors (Lipinski definition) is 1. The number of hydrogen-bond acceptors (Lipinski definition) is 7. The fraction of sp³-hybridized carbons (Fsp3) is 0.605. The van der Waals surface area contributed by atoms with Crippen LogP contribution in [0.2, 0.25) is 51.4 Å². The highest BCUT2D eigenvalue weighted by Crippen LogP contribution is 2.38. The summed E-state index contributed by atoms with van der Waals surface area (Å²) in [5.74, 6) is 0.522. The van der Waals surface area contributed by atoms with Crippen LogP contribution in [0.4, 0.5) is 16.2 Å². The smallest absolute Gasteiger partial charge is 0.465 e. The lowest BCUT2D eigenvalue weighted by molar-refractivity contribution is -0.120. The van der Waals surface area contributed by atoms with Gasteiger partial charge in [-0.3, -0.25) is 24.3 Å². The highest BCUT2D eigenvalue weighted by molar-refractivity contribution is 6.76. The molecule has 57 heavy (non-hydrogen) atoms. The molecule has 0 aliphatic carbocycles. The van der Waals surface area contributed by atoms with Gasteiger partial charge in [-0.25, -0.2) is 4.79 Å². The van der Waals surface area contributed by atoms with Gasteiger partial charge in [-0.15, -0.1) is 0 Å². The molecule has 1 fully saturated rings. The van der Waals surface area contributed by atoms with Gasteiger partial charge in [-0.05, 0) is 105 Å². The summed E-state index contributed by atoms with van der Waals surface area (Å²) >= 11 is 0. The Morgan fingerprint density at radius 3 is 1.77 bits per heavy atom. The first-order valence-corrected chi connectivity index (χ1v) is 28.1. The predicted molar refractivity (Wildman–Crippen MR) is 235 cm³/mol. The minimum atomic E-state index is -1.17. The number of allylic oxidation sites excluding steroid dienone is 1. The molecule has 312 valence electrons. The zero-order chi connectivity index (χ0) is 41.9. The molecular formula is C43H66BN3O8Si2. The van der Waals surface area contributed by atoms with Gasteiger partial charge in [0.25, 0.3) is 0 Å². The van der Waals surface area contributed by atoms with E-state index in [0.29, 0.717) is 51.7 Å². The summed E-state index contributed by atoms with van der Waals surface area (Å²) in [6, 6.07) is 14.2. The van der Waals surface area contributed by atoms with Crippen molar-refractivity contribution in [2.45, 2.75) is 129 Å². The maximum atomic E-state index is 12.5. The number of ether oxygens (including phenoxy) is 2. The van der Waals surface area contributed by atoms with E-state index in [4.69, 9.17) is 18.8 Å². The average molecular weight is 820 g/mol. The van der Waals surface area contributed by atoms with Gasteiger partial charge < -0.3 is 23.9 Å². The Balaban J connectivity index is 0.000000218. The van der Waals surface area contributed by atoms with Crippen molar-refractivity contribution in [2.75, 3.05) is 43.0 Å². The molecule has 4 heterocycles. The summed E-state index contributed by atoms with van der Waals surface area (Å²) in [7, 11) is -2.68. The summed E-state index contributed by atoms with van der Waals surface area (Å²) in [5.41, 5.74) is 5.97. The number of benzene rings is 2. The molecule has 0 aromatic heterocycles. The molecule has 0 radical (unpaired) electrons. The van der Waals surface area contributed by atoms with Crippen LogP contribution in [0.1, 0.15) is 70.6 Å². The lowest BCUT2D eigenvalue weighted by Gasteiger charge is -2.32. The Labute approximate surface area is 343 Å². The number of anilines is 2. The molecule has 0 saturated carbocycles. The minimum absolute atomic E-state index is 0.0797. The van der Waals surface area contributed by atoms with Crippen LogP contribution in [-0.4, -0.2) is 95.6 Å². The van der Waals surface area contributed by atoms with Crippen LogP contribution in [0.5, 0.6) is 0 Å². The Morgan fingerprint density at radius 2 is 1.28 bits per heavy atom. The number of fused-ring (bicyclic) bond motifs is 2. The van der Waals surface area contributed by atoms with E-state index in [1.54, 1.807) is 9.80 Å². The van der Waals surface area contributed by atoms with Gasteiger partial charge in [0.15, 0.2) is 0 Å². The molecule has 1 saturated heterocycles. The molecule has 0 unspecified atom stereocenters. The zero-order valence-electron chi connectivity index (χ0n) is 36.3. The maximum Gasteiger partial charge on any atom is 0.494 e. The number of amides is 3. The summed E-state index contributed by atoms with van der Waals surface area (Å²) in [4.78, 5) is 41.6. The molecule has 0 bridgehead atoms. The van der Waals surface area contributed by atoms with Crippen LogP contribution >= 0.6 is 0 Å². The first kappa shape index (κ1) is 44.8. The van der Waals surface area contributed by atoms with Gasteiger partial charge in [0.05, 0.1) is 16.9 Å². The average Bonchev–Trinajstić information content (AvgIpc) is 3.34.